The topological polar surface area (TPSA) is 67.5 Å². The molecule has 7 nitrogen and oxygen atoms in total. The molecular formula is C19H20FN5O2. The first-order valence-corrected chi connectivity index (χ1v) is 8.78. The smallest absolute Gasteiger partial charge is 0.241 e. The van der Waals surface area contributed by atoms with Crippen molar-refractivity contribution < 1.29 is 13.7 Å². The van der Waals surface area contributed by atoms with Crippen LogP contribution in [0.4, 0.5) is 10.1 Å². The van der Waals surface area contributed by atoms with Gasteiger partial charge < -0.3 is 14.2 Å². The molecule has 0 bridgehead atoms. The first-order valence-electron chi connectivity index (χ1n) is 8.78. The summed E-state index contributed by atoms with van der Waals surface area (Å²) in [6.07, 6.45) is 1.70. The standard InChI is InChI=1S/C19H20FN5O2/c1-26-17-12-14(20)5-6-16(17)25-10-8-24(9-11-25)13-18-22-19(23-27-18)15-4-2-3-7-21-15/h2-7,12H,8-11,13H2,1H3. The van der Waals surface area contributed by atoms with Gasteiger partial charge in [-0.25, -0.2) is 4.39 Å². The van der Waals surface area contributed by atoms with E-state index in [2.05, 4.69) is 24.9 Å². The summed E-state index contributed by atoms with van der Waals surface area (Å²) in [5.41, 5.74) is 1.61. The third-order valence-corrected chi connectivity index (χ3v) is 4.58. The van der Waals surface area contributed by atoms with Gasteiger partial charge in [-0.1, -0.05) is 11.2 Å². The van der Waals surface area contributed by atoms with Crippen LogP contribution in [0.2, 0.25) is 0 Å². The summed E-state index contributed by atoms with van der Waals surface area (Å²) in [7, 11) is 1.56. The van der Waals surface area contributed by atoms with Gasteiger partial charge >= 0.3 is 0 Å². The monoisotopic (exact) mass is 369 g/mol. The van der Waals surface area contributed by atoms with Crippen LogP contribution in [-0.2, 0) is 6.54 Å². The molecule has 0 atom stereocenters. The van der Waals surface area contributed by atoms with E-state index in [0.717, 1.165) is 31.9 Å². The minimum absolute atomic E-state index is 0.297. The lowest BCUT2D eigenvalue weighted by molar-refractivity contribution is 0.215. The van der Waals surface area contributed by atoms with Crippen molar-refractivity contribution in [1.29, 1.82) is 0 Å². The number of piperazine rings is 1. The SMILES string of the molecule is COc1cc(F)ccc1N1CCN(Cc2nc(-c3ccccn3)no2)CC1. The van der Waals surface area contributed by atoms with E-state index in [4.69, 9.17) is 9.26 Å². The van der Waals surface area contributed by atoms with E-state index in [1.54, 1.807) is 19.4 Å². The number of nitrogens with zero attached hydrogens (tertiary/aromatic N) is 5. The van der Waals surface area contributed by atoms with Crippen LogP contribution in [-0.4, -0.2) is 53.3 Å². The number of hydrogen-bond donors (Lipinski definition) is 0. The van der Waals surface area contributed by atoms with Crippen molar-refractivity contribution in [2.24, 2.45) is 0 Å². The predicted octanol–water partition coefficient (Wildman–Crippen LogP) is 2.60. The Balaban J connectivity index is 1.37. The summed E-state index contributed by atoms with van der Waals surface area (Å²) in [6.45, 7) is 3.88. The number of anilines is 1. The van der Waals surface area contributed by atoms with E-state index >= 15 is 0 Å². The maximum Gasteiger partial charge on any atom is 0.241 e. The number of methoxy groups -OCH3 is 1. The highest BCUT2D eigenvalue weighted by Crippen LogP contribution is 2.29. The van der Waals surface area contributed by atoms with E-state index in [0.29, 0.717) is 29.7 Å². The van der Waals surface area contributed by atoms with Gasteiger partial charge in [0.25, 0.3) is 0 Å². The summed E-state index contributed by atoms with van der Waals surface area (Å²) >= 11 is 0. The molecule has 8 heteroatoms. The van der Waals surface area contributed by atoms with E-state index in [9.17, 15) is 4.39 Å². The molecule has 0 radical (unpaired) electrons. The van der Waals surface area contributed by atoms with E-state index in [-0.39, 0.29) is 5.82 Å². The highest BCUT2D eigenvalue weighted by atomic mass is 19.1. The minimum atomic E-state index is -0.297. The fraction of sp³-hybridized carbons (Fsp3) is 0.316. The van der Waals surface area contributed by atoms with Crippen molar-refractivity contribution in [2.75, 3.05) is 38.2 Å². The van der Waals surface area contributed by atoms with E-state index in [1.165, 1.54) is 12.1 Å². The van der Waals surface area contributed by atoms with Crippen molar-refractivity contribution in [3.63, 3.8) is 0 Å². The Hall–Kier alpha value is -3.00. The maximum absolute atomic E-state index is 13.4. The summed E-state index contributed by atoms with van der Waals surface area (Å²) in [5, 5.41) is 4.01. The van der Waals surface area contributed by atoms with Gasteiger partial charge in [0.05, 0.1) is 19.3 Å². The fourth-order valence-corrected chi connectivity index (χ4v) is 3.17. The van der Waals surface area contributed by atoms with Gasteiger partial charge in [0.1, 0.15) is 17.3 Å². The molecule has 0 spiro atoms. The van der Waals surface area contributed by atoms with E-state index in [1.807, 2.05) is 18.2 Å². The van der Waals surface area contributed by atoms with Gasteiger partial charge in [-0.2, -0.15) is 4.98 Å². The second-order valence-corrected chi connectivity index (χ2v) is 6.31. The van der Waals surface area contributed by atoms with Crippen molar-refractivity contribution in [1.82, 2.24) is 20.0 Å². The fourth-order valence-electron chi connectivity index (χ4n) is 3.17. The summed E-state index contributed by atoms with van der Waals surface area (Å²) in [4.78, 5) is 13.1. The lowest BCUT2D eigenvalue weighted by Gasteiger charge is -2.35. The molecule has 3 aromatic rings. The van der Waals surface area contributed by atoms with Crippen LogP contribution in [0, 0.1) is 5.82 Å². The Kier molecular flexibility index (Phi) is 4.97. The molecular weight excluding hydrogens is 349 g/mol. The van der Waals surface area contributed by atoms with Gasteiger partial charge in [0.2, 0.25) is 11.7 Å². The molecule has 1 saturated heterocycles. The molecule has 1 aliphatic heterocycles. The number of pyridine rings is 1. The Labute approximate surface area is 156 Å². The zero-order valence-corrected chi connectivity index (χ0v) is 15.0. The second-order valence-electron chi connectivity index (χ2n) is 6.31. The molecule has 0 aliphatic carbocycles. The van der Waals surface area contributed by atoms with Crippen LogP contribution in [0.1, 0.15) is 5.89 Å². The Morgan fingerprint density at radius 2 is 2.00 bits per heavy atom. The third-order valence-electron chi connectivity index (χ3n) is 4.58. The molecule has 2 aromatic heterocycles. The van der Waals surface area contributed by atoms with Gasteiger partial charge in [0, 0.05) is 38.4 Å². The molecule has 3 heterocycles. The van der Waals surface area contributed by atoms with Crippen molar-refractivity contribution in [3.8, 4) is 17.3 Å². The van der Waals surface area contributed by atoms with Gasteiger partial charge in [0.15, 0.2) is 0 Å². The molecule has 27 heavy (non-hydrogen) atoms. The zero-order chi connectivity index (χ0) is 18.6. The zero-order valence-electron chi connectivity index (χ0n) is 15.0. The number of ether oxygens (including phenoxy) is 1. The normalized spacial score (nSPS) is 15.1. The summed E-state index contributed by atoms with van der Waals surface area (Å²) < 4.78 is 24.1. The quantitative estimate of drug-likeness (QED) is 0.685. The number of aromatic nitrogens is 3. The van der Waals surface area contributed by atoms with E-state index < -0.39 is 0 Å². The molecule has 0 saturated carbocycles. The molecule has 4 rings (SSSR count). The van der Waals surface area contributed by atoms with Crippen LogP contribution in [0.3, 0.4) is 0 Å². The van der Waals surface area contributed by atoms with Crippen molar-refractivity contribution in [3.05, 3.63) is 54.3 Å². The average molecular weight is 369 g/mol. The third kappa shape index (κ3) is 3.90. The van der Waals surface area contributed by atoms with Crippen molar-refractivity contribution in [2.45, 2.75) is 6.54 Å². The molecule has 1 aromatic carbocycles. The van der Waals surface area contributed by atoms with Crippen LogP contribution in [0.15, 0.2) is 47.1 Å². The van der Waals surface area contributed by atoms with Crippen LogP contribution in [0.5, 0.6) is 5.75 Å². The maximum atomic E-state index is 13.4. The number of rotatable bonds is 5. The van der Waals surface area contributed by atoms with Crippen LogP contribution in [0.25, 0.3) is 11.5 Å². The first-order chi connectivity index (χ1) is 13.2. The molecule has 1 aliphatic rings. The lowest BCUT2D eigenvalue weighted by atomic mass is 10.2. The van der Waals surface area contributed by atoms with Crippen LogP contribution >= 0.6 is 0 Å². The Morgan fingerprint density at radius 1 is 1.15 bits per heavy atom. The van der Waals surface area contributed by atoms with Gasteiger partial charge in [-0.3, -0.25) is 9.88 Å². The van der Waals surface area contributed by atoms with Crippen molar-refractivity contribution >= 4 is 5.69 Å². The first kappa shape index (κ1) is 17.4. The Bertz CT molecular complexity index is 894. The molecule has 0 N–H and O–H groups in total. The molecule has 0 amide bonds. The number of benzene rings is 1. The van der Waals surface area contributed by atoms with Gasteiger partial charge in [-0.15, -0.1) is 0 Å². The summed E-state index contributed by atoms with van der Waals surface area (Å²) in [6, 6.07) is 10.2. The predicted molar refractivity (Wildman–Crippen MR) is 98.0 cm³/mol. The molecule has 0 unspecified atom stereocenters. The highest BCUT2D eigenvalue weighted by Gasteiger charge is 2.22. The number of hydrogen-bond acceptors (Lipinski definition) is 7. The Morgan fingerprint density at radius 3 is 2.74 bits per heavy atom. The molecule has 1 fully saturated rings. The number of halogens is 1. The van der Waals surface area contributed by atoms with Gasteiger partial charge in [-0.05, 0) is 24.3 Å². The average Bonchev–Trinajstić information content (AvgIpc) is 3.18. The molecule has 140 valence electrons. The summed E-state index contributed by atoms with van der Waals surface area (Å²) in [5.74, 6) is 1.33. The highest BCUT2D eigenvalue weighted by molar-refractivity contribution is 5.59. The lowest BCUT2D eigenvalue weighted by Crippen LogP contribution is -2.46. The minimum Gasteiger partial charge on any atom is -0.494 e. The largest absolute Gasteiger partial charge is 0.494 e. The van der Waals surface area contributed by atoms with Crippen LogP contribution < -0.4 is 9.64 Å². The second kappa shape index (κ2) is 7.71.